The number of halogens is 1. The third-order valence-electron chi connectivity index (χ3n) is 4.28. The van der Waals surface area contributed by atoms with Crippen molar-refractivity contribution in [1.29, 1.82) is 0 Å². The molecule has 0 atom stereocenters. The van der Waals surface area contributed by atoms with Crippen LogP contribution in [0.15, 0.2) is 54.6 Å². The second kappa shape index (κ2) is 8.41. The molecule has 0 aliphatic heterocycles. The Morgan fingerprint density at radius 3 is 2.61 bits per heavy atom. The molecule has 3 aromatic carbocycles. The molecule has 0 saturated carbocycles. The van der Waals surface area contributed by atoms with Crippen molar-refractivity contribution in [3.8, 4) is 5.75 Å². The van der Waals surface area contributed by atoms with Crippen LogP contribution in [0.2, 0.25) is 5.02 Å². The first-order chi connectivity index (χ1) is 13.4. The average Bonchev–Trinajstić information content (AvgIpc) is 2.68. The van der Waals surface area contributed by atoms with Crippen LogP contribution in [0.1, 0.15) is 5.56 Å². The molecule has 8 heteroatoms. The maximum absolute atomic E-state index is 11.0. The van der Waals surface area contributed by atoms with Crippen LogP contribution in [0, 0.1) is 10.1 Å². The van der Waals surface area contributed by atoms with E-state index in [-0.39, 0.29) is 5.69 Å². The largest absolute Gasteiger partial charge is 0.497 e. The van der Waals surface area contributed by atoms with Crippen molar-refractivity contribution >= 4 is 51.1 Å². The van der Waals surface area contributed by atoms with Gasteiger partial charge < -0.3 is 15.0 Å². The number of benzene rings is 3. The molecule has 0 amide bonds. The second-order valence-corrected chi connectivity index (χ2v) is 7.05. The summed E-state index contributed by atoms with van der Waals surface area (Å²) in [6.07, 6.45) is 0. The Labute approximate surface area is 172 Å². The molecule has 0 aliphatic rings. The number of ether oxygens (including phenoxy) is 1. The fourth-order valence-electron chi connectivity index (χ4n) is 2.78. The first-order valence-corrected chi connectivity index (χ1v) is 9.19. The van der Waals surface area contributed by atoms with Gasteiger partial charge in [0.25, 0.3) is 5.69 Å². The highest BCUT2D eigenvalue weighted by Crippen LogP contribution is 2.27. The van der Waals surface area contributed by atoms with Crippen molar-refractivity contribution in [2.75, 3.05) is 19.5 Å². The first kappa shape index (κ1) is 19.9. The molecule has 0 bridgehead atoms. The molecular weight excluding hydrogens is 398 g/mol. The number of methoxy groups -OCH3 is 1. The molecule has 3 aromatic rings. The highest BCUT2D eigenvalue weighted by atomic mass is 35.5. The summed E-state index contributed by atoms with van der Waals surface area (Å²) >= 11 is 11.6. The molecule has 28 heavy (non-hydrogen) atoms. The third kappa shape index (κ3) is 4.49. The van der Waals surface area contributed by atoms with Gasteiger partial charge in [0.15, 0.2) is 5.11 Å². The molecule has 6 nitrogen and oxygen atoms in total. The van der Waals surface area contributed by atoms with E-state index in [0.29, 0.717) is 22.4 Å². The lowest BCUT2D eigenvalue weighted by atomic mass is 10.1. The monoisotopic (exact) mass is 415 g/mol. The second-order valence-electron chi connectivity index (χ2n) is 6.25. The summed E-state index contributed by atoms with van der Waals surface area (Å²) < 4.78 is 5.25. The van der Waals surface area contributed by atoms with Gasteiger partial charge >= 0.3 is 0 Å². The zero-order chi connectivity index (χ0) is 20.3. The Kier molecular flexibility index (Phi) is 5.96. The predicted octanol–water partition coefficient (Wildman–Crippen LogP) is 5.24. The van der Waals surface area contributed by atoms with E-state index in [1.807, 2.05) is 42.3 Å². The van der Waals surface area contributed by atoms with Crippen LogP contribution >= 0.6 is 23.8 Å². The predicted molar refractivity (Wildman–Crippen MR) is 116 cm³/mol. The maximum Gasteiger partial charge on any atom is 0.271 e. The van der Waals surface area contributed by atoms with Gasteiger partial charge in [-0.3, -0.25) is 10.1 Å². The number of nitro groups is 1. The van der Waals surface area contributed by atoms with Crippen LogP contribution in [-0.4, -0.2) is 29.1 Å². The SMILES string of the molecule is COc1ccc2cc(CN(C)C(=S)Nc3cc([N+](=O)[O-])ccc3Cl)ccc2c1. The quantitative estimate of drug-likeness (QED) is 0.349. The van der Waals surface area contributed by atoms with E-state index in [1.54, 1.807) is 7.11 Å². The number of fused-ring (bicyclic) bond motifs is 1. The molecule has 0 fully saturated rings. The molecule has 1 N–H and O–H groups in total. The van der Waals surface area contributed by atoms with Crippen molar-refractivity contribution in [2.24, 2.45) is 0 Å². The molecule has 3 rings (SSSR count). The zero-order valence-corrected chi connectivity index (χ0v) is 16.9. The van der Waals surface area contributed by atoms with E-state index in [4.69, 9.17) is 28.6 Å². The lowest BCUT2D eigenvalue weighted by Crippen LogP contribution is -2.30. The van der Waals surface area contributed by atoms with E-state index in [9.17, 15) is 10.1 Å². The molecule has 0 radical (unpaired) electrons. The summed E-state index contributed by atoms with van der Waals surface area (Å²) in [5.74, 6) is 0.816. The summed E-state index contributed by atoms with van der Waals surface area (Å²) in [5, 5.41) is 16.9. The number of nitrogens with zero attached hydrogens (tertiary/aromatic N) is 2. The Hall–Kier alpha value is -2.90. The number of nitro benzene ring substituents is 1. The summed E-state index contributed by atoms with van der Waals surface area (Å²) in [6.45, 7) is 0.570. The van der Waals surface area contributed by atoms with Gasteiger partial charge in [-0.1, -0.05) is 29.8 Å². The van der Waals surface area contributed by atoms with Gasteiger partial charge in [-0.05, 0) is 52.8 Å². The van der Waals surface area contributed by atoms with E-state index < -0.39 is 4.92 Å². The molecule has 0 heterocycles. The average molecular weight is 416 g/mol. The van der Waals surface area contributed by atoms with Gasteiger partial charge in [0.1, 0.15) is 5.75 Å². The Balaban J connectivity index is 1.73. The standard InChI is InChI=1S/C20H18ClN3O3S/c1-23(20(28)22-19-11-16(24(25)26)6-8-18(19)21)12-13-3-4-15-10-17(27-2)7-5-14(15)9-13/h3-11H,12H2,1-2H3,(H,22,28). The minimum atomic E-state index is -0.474. The Morgan fingerprint density at radius 1 is 1.18 bits per heavy atom. The van der Waals surface area contributed by atoms with Crippen LogP contribution < -0.4 is 10.1 Å². The van der Waals surface area contributed by atoms with Crippen LogP contribution in [0.3, 0.4) is 0 Å². The van der Waals surface area contributed by atoms with Gasteiger partial charge in [0, 0.05) is 25.7 Å². The molecular formula is C20H18ClN3O3S. The van der Waals surface area contributed by atoms with Crippen molar-refractivity contribution < 1.29 is 9.66 Å². The number of rotatable bonds is 5. The number of thiocarbonyl (C=S) groups is 1. The van der Waals surface area contributed by atoms with E-state index in [2.05, 4.69) is 11.4 Å². The van der Waals surface area contributed by atoms with Gasteiger partial charge in [0.2, 0.25) is 0 Å². The van der Waals surface area contributed by atoms with Gasteiger partial charge in [-0.25, -0.2) is 0 Å². The third-order valence-corrected chi connectivity index (χ3v) is 5.02. The fraction of sp³-hybridized carbons (Fsp3) is 0.150. The smallest absolute Gasteiger partial charge is 0.271 e. The zero-order valence-electron chi connectivity index (χ0n) is 15.3. The molecule has 144 valence electrons. The van der Waals surface area contributed by atoms with Crippen molar-refractivity contribution in [3.05, 3.63) is 75.3 Å². The summed E-state index contributed by atoms with van der Waals surface area (Å²) in [4.78, 5) is 12.3. The first-order valence-electron chi connectivity index (χ1n) is 8.40. The van der Waals surface area contributed by atoms with E-state index in [0.717, 1.165) is 22.1 Å². The minimum Gasteiger partial charge on any atom is -0.497 e. The van der Waals surface area contributed by atoms with Crippen molar-refractivity contribution in [3.63, 3.8) is 0 Å². The number of anilines is 1. The van der Waals surface area contributed by atoms with Crippen molar-refractivity contribution in [1.82, 2.24) is 4.90 Å². The summed E-state index contributed by atoms with van der Waals surface area (Å²) in [7, 11) is 3.49. The van der Waals surface area contributed by atoms with Crippen LogP contribution in [0.25, 0.3) is 10.8 Å². The van der Waals surface area contributed by atoms with Gasteiger partial charge in [0.05, 0.1) is 22.7 Å². The van der Waals surface area contributed by atoms with Gasteiger partial charge in [-0.15, -0.1) is 0 Å². The van der Waals surface area contributed by atoms with Crippen LogP contribution in [0.5, 0.6) is 5.75 Å². The highest BCUT2D eigenvalue weighted by molar-refractivity contribution is 7.80. The highest BCUT2D eigenvalue weighted by Gasteiger charge is 2.13. The topological polar surface area (TPSA) is 67.6 Å². The van der Waals surface area contributed by atoms with Crippen molar-refractivity contribution in [2.45, 2.75) is 6.54 Å². The van der Waals surface area contributed by atoms with Gasteiger partial charge in [-0.2, -0.15) is 0 Å². The minimum absolute atomic E-state index is 0.0534. The number of hydrogen-bond donors (Lipinski definition) is 1. The lowest BCUT2D eigenvalue weighted by Gasteiger charge is -2.22. The fourth-order valence-corrected chi connectivity index (χ4v) is 3.12. The van der Waals surface area contributed by atoms with E-state index >= 15 is 0 Å². The van der Waals surface area contributed by atoms with Crippen LogP contribution in [0.4, 0.5) is 11.4 Å². The number of nitrogens with one attached hydrogen (secondary N) is 1. The maximum atomic E-state index is 11.0. The summed E-state index contributed by atoms with van der Waals surface area (Å²) in [5.41, 5.74) is 1.43. The molecule has 0 aliphatic carbocycles. The molecule has 0 unspecified atom stereocenters. The van der Waals surface area contributed by atoms with Crippen LogP contribution in [-0.2, 0) is 6.54 Å². The molecule has 0 spiro atoms. The van der Waals surface area contributed by atoms with E-state index in [1.165, 1.54) is 18.2 Å². The lowest BCUT2D eigenvalue weighted by molar-refractivity contribution is -0.384. The Morgan fingerprint density at radius 2 is 1.89 bits per heavy atom. The number of hydrogen-bond acceptors (Lipinski definition) is 4. The Bertz CT molecular complexity index is 1060. The number of non-ortho nitro benzene ring substituents is 1. The normalized spacial score (nSPS) is 10.5. The summed E-state index contributed by atoms with van der Waals surface area (Å²) in [6, 6.07) is 16.3. The molecule has 0 aromatic heterocycles. The molecule has 0 saturated heterocycles.